The first-order valence-electron chi connectivity index (χ1n) is 33.0. The van der Waals surface area contributed by atoms with E-state index in [1.54, 1.807) is 0 Å². The van der Waals surface area contributed by atoms with Gasteiger partial charge >= 0.3 is 5.97 Å². The number of allylic oxidation sites excluding steroid dienone is 2. The maximum atomic E-state index is 13.3. The third-order valence-corrected chi connectivity index (χ3v) is 17.0. The lowest BCUT2D eigenvalue weighted by molar-refractivity contribution is -0.386. The van der Waals surface area contributed by atoms with Crippen molar-refractivity contribution in [2.24, 2.45) is 0 Å². The van der Waals surface area contributed by atoms with Gasteiger partial charge < -0.3 is 100 Å². The molecule has 23 heteroatoms. The molecule has 0 spiro atoms. The molecular formula is C63H116N2O21. The van der Waals surface area contributed by atoms with Crippen molar-refractivity contribution in [3.05, 3.63) is 12.2 Å². The molecular weight excluding hydrogens is 1120 g/mol. The molecule has 0 radical (unpaired) electrons. The van der Waals surface area contributed by atoms with Crippen LogP contribution in [0.4, 0.5) is 0 Å². The maximum Gasteiger partial charge on any atom is 0.364 e. The zero-order valence-electron chi connectivity index (χ0n) is 52.2. The van der Waals surface area contributed by atoms with E-state index in [2.05, 4.69) is 36.6 Å². The van der Waals surface area contributed by atoms with Gasteiger partial charge in [0.15, 0.2) is 12.6 Å². The van der Waals surface area contributed by atoms with E-state index in [1.807, 2.05) is 0 Å². The molecule has 0 aromatic carbocycles. The molecule has 0 aromatic heterocycles. The number of carboxylic acid groups (broad SMARTS) is 1. The minimum Gasteiger partial charge on any atom is -0.477 e. The molecule has 3 aliphatic heterocycles. The molecule has 0 aromatic rings. The molecule has 504 valence electrons. The van der Waals surface area contributed by atoms with Gasteiger partial charge in [0, 0.05) is 19.8 Å². The summed E-state index contributed by atoms with van der Waals surface area (Å²) in [7, 11) is 0. The Morgan fingerprint density at radius 2 is 1.08 bits per heavy atom. The topological polar surface area (TPSA) is 373 Å². The number of hydrogen-bond acceptors (Lipinski definition) is 20. The summed E-state index contributed by atoms with van der Waals surface area (Å²) in [4.78, 5) is 38.4. The summed E-state index contributed by atoms with van der Waals surface area (Å²) in [6.45, 7) is 2.13. The first-order chi connectivity index (χ1) is 41.4. The number of carbonyl (C=O) groups excluding carboxylic acids is 2. The minimum absolute atomic E-state index is 0.175. The number of aliphatic hydroxyl groups is 11. The van der Waals surface area contributed by atoms with Crippen LogP contribution >= 0.6 is 0 Å². The predicted octanol–water partition coefficient (Wildman–Crippen LogP) is 4.73. The third-order valence-electron chi connectivity index (χ3n) is 17.0. The summed E-state index contributed by atoms with van der Waals surface area (Å²) in [5.41, 5.74) is 0. The number of unbranched alkanes of at least 4 members (excludes halogenated alkanes) is 27. The average molecular weight is 1240 g/mol. The summed E-state index contributed by atoms with van der Waals surface area (Å²) in [6.07, 6.45) is 11.2. The summed E-state index contributed by atoms with van der Waals surface area (Å²) >= 11 is 0. The van der Waals surface area contributed by atoms with Crippen molar-refractivity contribution in [1.82, 2.24) is 10.6 Å². The minimum atomic E-state index is -3.08. The second kappa shape index (κ2) is 44.9. The van der Waals surface area contributed by atoms with Crippen LogP contribution in [0.5, 0.6) is 0 Å². The van der Waals surface area contributed by atoms with Crippen LogP contribution in [0, 0.1) is 0 Å². The molecule has 23 nitrogen and oxygen atoms in total. The highest BCUT2D eigenvalue weighted by molar-refractivity contribution is 5.77. The van der Waals surface area contributed by atoms with Crippen molar-refractivity contribution in [1.29, 1.82) is 0 Å². The number of carboxylic acids is 1. The Labute approximate surface area is 511 Å². The lowest BCUT2D eigenvalue weighted by Crippen LogP contribution is -2.70. The molecule has 3 rings (SSSR count). The second-order valence-corrected chi connectivity index (χ2v) is 24.3. The molecule has 0 saturated carbocycles. The monoisotopic (exact) mass is 1240 g/mol. The van der Waals surface area contributed by atoms with E-state index >= 15 is 0 Å². The van der Waals surface area contributed by atoms with Gasteiger partial charge in [-0.25, -0.2) is 4.79 Å². The number of carbonyl (C=O) groups is 3. The third kappa shape index (κ3) is 27.9. The summed E-state index contributed by atoms with van der Waals surface area (Å²) in [5, 5.41) is 136. The SMILES string of the molecule is CCCCCC/C=C\CCCC(=O)NC(COC1OC(CO)C(OC2OC(CO)C(O)C(OC3(C(=O)O)CC(O)C(NC(C)=O)C(C(O)C(O)CO)O3)C2O)C(O)C1O)C(O)CCCCCCCCCCCCCCCCCCCCCCCCC. The van der Waals surface area contributed by atoms with Crippen molar-refractivity contribution in [2.75, 3.05) is 26.4 Å². The predicted molar refractivity (Wildman–Crippen MR) is 320 cm³/mol. The number of aliphatic hydroxyl groups excluding tert-OH is 11. The smallest absolute Gasteiger partial charge is 0.364 e. The Morgan fingerprint density at radius 3 is 1.57 bits per heavy atom. The van der Waals surface area contributed by atoms with Crippen molar-refractivity contribution in [2.45, 2.75) is 342 Å². The fraction of sp³-hybridized carbons (Fsp3) is 0.921. The molecule has 3 saturated heterocycles. The molecule has 2 amide bonds. The van der Waals surface area contributed by atoms with Gasteiger partial charge in [0.05, 0.1) is 50.7 Å². The molecule has 3 heterocycles. The molecule has 86 heavy (non-hydrogen) atoms. The standard InChI is InChI=1S/C63H116N2O21/c1-4-6-8-10-12-14-15-16-17-18-19-20-21-22-23-24-25-26-27-29-30-32-34-36-45(70)44(65-50(73)37-35-33-31-28-13-11-9-7-5-2)42-81-60-55(77)54(76)57(49(41-68)83-60)84-61-56(78)59(53(75)48(40-67)82-61)86-63(62(79)80)38-46(71)51(64-43(3)69)58(85-63)52(74)47(72)39-66/h28,31,44-49,51-61,66-68,70-72,74-78H,4-27,29-30,32-42H2,1-3H3,(H,64,69)(H,65,73)(H,79,80)/b31-28-. The molecule has 18 unspecified atom stereocenters. The van der Waals surface area contributed by atoms with Gasteiger partial charge in [-0.2, -0.15) is 0 Å². The quantitative estimate of drug-likeness (QED) is 0.0289. The van der Waals surface area contributed by atoms with Crippen molar-refractivity contribution in [3.8, 4) is 0 Å². The highest BCUT2D eigenvalue weighted by Gasteiger charge is 2.60. The number of ether oxygens (including phenoxy) is 6. The largest absolute Gasteiger partial charge is 0.477 e. The van der Waals surface area contributed by atoms with Crippen LogP contribution in [0.15, 0.2) is 12.2 Å². The summed E-state index contributed by atoms with van der Waals surface area (Å²) in [6, 6.07) is -2.54. The van der Waals surface area contributed by atoms with Crippen LogP contribution in [0.3, 0.4) is 0 Å². The van der Waals surface area contributed by atoms with Crippen LogP contribution in [0.2, 0.25) is 0 Å². The number of amides is 2. The van der Waals surface area contributed by atoms with Gasteiger partial charge in [0.2, 0.25) is 11.8 Å². The first-order valence-corrected chi connectivity index (χ1v) is 33.0. The van der Waals surface area contributed by atoms with Crippen LogP contribution in [0.1, 0.15) is 233 Å². The zero-order chi connectivity index (χ0) is 63.3. The van der Waals surface area contributed by atoms with E-state index in [9.17, 15) is 75.7 Å². The van der Waals surface area contributed by atoms with Crippen LogP contribution in [-0.4, -0.2) is 215 Å². The van der Waals surface area contributed by atoms with Crippen LogP contribution in [-0.2, 0) is 42.8 Å². The van der Waals surface area contributed by atoms with E-state index in [-0.39, 0.29) is 18.9 Å². The van der Waals surface area contributed by atoms with E-state index in [4.69, 9.17) is 28.4 Å². The Bertz CT molecular complexity index is 1810. The highest BCUT2D eigenvalue weighted by Crippen LogP contribution is 2.39. The molecule has 0 bridgehead atoms. The Morgan fingerprint density at radius 1 is 0.593 bits per heavy atom. The van der Waals surface area contributed by atoms with Gasteiger partial charge in [0.1, 0.15) is 67.1 Å². The van der Waals surface area contributed by atoms with Crippen LogP contribution in [0.25, 0.3) is 0 Å². The Hall–Kier alpha value is -2.53. The Kier molecular flexibility index (Phi) is 40.5. The molecule has 3 aliphatic rings. The highest BCUT2D eigenvalue weighted by atomic mass is 16.8. The van der Waals surface area contributed by atoms with Crippen LogP contribution < -0.4 is 10.6 Å². The van der Waals surface area contributed by atoms with Crippen molar-refractivity contribution < 1.29 is 104 Å². The van der Waals surface area contributed by atoms with Crippen molar-refractivity contribution >= 4 is 17.8 Å². The number of nitrogens with one attached hydrogen (secondary N) is 2. The average Bonchev–Trinajstić information content (AvgIpc) is 1.58. The molecule has 3 fully saturated rings. The van der Waals surface area contributed by atoms with Gasteiger partial charge in [-0.05, 0) is 32.1 Å². The number of rotatable bonds is 49. The van der Waals surface area contributed by atoms with E-state index in [1.165, 1.54) is 128 Å². The first kappa shape index (κ1) is 77.7. The fourth-order valence-corrected chi connectivity index (χ4v) is 11.7. The summed E-state index contributed by atoms with van der Waals surface area (Å²) in [5.74, 6) is -6.14. The molecule has 0 aliphatic carbocycles. The lowest BCUT2D eigenvalue weighted by Gasteiger charge is -2.50. The van der Waals surface area contributed by atoms with Gasteiger partial charge in [-0.3, -0.25) is 9.59 Å². The normalized spacial score (nSPS) is 29.4. The van der Waals surface area contributed by atoms with Gasteiger partial charge in [0.25, 0.3) is 5.79 Å². The van der Waals surface area contributed by atoms with Gasteiger partial charge in [-0.1, -0.05) is 193 Å². The van der Waals surface area contributed by atoms with Gasteiger partial charge in [-0.15, -0.1) is 0 Å². The molecule has 14 N–H and O–H groups in total. The maximum absolute atomic E-state index is 13.3. The Balaban J connectivity index is 1.57. The molecule has 18 atom stereocenters. The zero-order valence-corrected chi connectivity index (χ0v) is 52.2. The summed E-state index contributed by atoms with van der Waals surface area (Å²) < 4.78 is 34.7. The van der Waals surface area contributed by atoms with E-state index < -0.39 is 148 Å². The lowest BCUT2D eigenvalue weighted by atomic mass is 9.88. The van der Waals surface area contributed by atoms with E-state index in [0.717, 1.165) is 51.9 Å². The van der Waals surface area contributed by atoms with Crippen molar-refractivity contribution in [3.63, 3.8) is 0 Å². The second-order valence-electron chi connectivity index (χ2n) is 24.3. The number of aliphatic carboxylic acids is 1. The van der Waals surface area contributed by atoms with E-state index in [0.29, 0.717) is 25.7 Å². The fourth-order valence-electron chi connectivity index (χ4n) is 11.7. The number of hydrogen-bond donors (Lipinski definition) is 14.